The van der Waals surface area contributed by atoms with Gasteiger partial charge in [-0.15, -0.1) is 11.8 Å². The molecule has 2 atom stereocenters. The van der Waals surface area contributed by atoms with E-state index in [-0.39, 0.29) is 13.0 Å². The molecular formula is C21H31F2NO3. The van der Waals surface area contributed by atoms with Crippen LogP contribution in [0.4, 0.5) is 8.78 Å². The number of nitrogens with zero attached hydrogens (tertiary/aromatic N) is 1. The van der Waals surface area contributed by atoms with Gasteiger partial charge in [-0.3, -0.25) is 9.59 Å². The third kappa shape index (κ3) is 8.55. The summed E-state index contributed by atoms with van der Waals surface area (Å²) in [4.78, 5) is 23.7. The highest BCUT2D eigenvalue weighted by Gasteiger charge is 2.52. The molecule has 0 aliphatic carbocycles. The van der Waals surface area contributed by atoms with E-state index in [0.717, 1.165) is 32.1 Å². The number of hydrogen-bond donors (Lipinski definition) is 1. The van der Waals surface area contributed by atoms with Gasteiger partial charge in [-0.05, 0) is 25.2 Å². The zero-order chi connectivity index (χ0) is 20.3. The van der Waals surface area contributed by atoms with Crippen molar-refractivity contribution >= 4 is 11.9 Å². The second-order valence-corrected chi connectivity index (χ2v) is 7.21. The minimum atomic E-state index is -3.30. The molecule has 1 saturated heterocycles. The lowest BCUT2D eigenvalue weighted by Crippen LogP contribution is -2.36. The molecule has 0 aromatic rings. The van der Waals surface area contributed by atoms with E-state index in [2.05, 4.69) is 18.8 Å². The largest absolute Gasteiger partial charge is 0.481 e. The lowest BCUT2D eigenvalue weighted by molar-refractivity contribution is -0.148. The molecule has 152 valence electrons. The Morgan fingerprint density at radius 3 is 2.70 bits per heavy atom. The van der Waals surface area contributed by atoms with Crippen LogP contribution in [-0.2, 0) is 9.59 Å². The fourth-order valence-corrected chi connectivity index (χ4v) is 3.09. The Bertz CT molecular complexity index is 578. The van der Waals surface area contributed by atoms with Crippen molar-refractivity contribution in [1.82, 2.24) is 4.90 Å². The Hall–Kier alpha value is -1.90. The third-order valence-electron chi connectivity index (χ3n) is 4.63. The first-order chi connectivity index (χ1) is 12.8. The van der Waals surface area contributed by atoms with Crippen LogP contribution >= 0.6 is 0 Å². The number of unbranched alkanes of at least 4 members (excludes halogenated alkanes) is 3. The lowest BCUT2D eigenvalue weighted by atomic mass is 10.0. The van der Waals surface area contributed by atoms with E-state index >= 15 is 0 Å². The normalized spacial score (nSPS) is 19.9. The molecular weight excluding hydrogens is 352 g/mol. The highest BCUT2D eigenvalue weighted by molar-refractivity contribution is 5.86. The number of allylic oxidation sites excluding steroid dienone is 1. The summed E-state index contributed by atoms with van der Waals surface area (Å²) in [7, 11) is 0. The zero-order valence-corrected chi connectivity index (χ0v) is 16.3. The summed E-state index contributed by atoms with van der Waals surface area (Å²) in [6, 6.07) is -0.569. The van der Waals surface area contributed by atoms with Gasteiger partial charge in [-0.2, -0.15) is 8.78 Å². The minimum Gasteiger partial charge on any atom is -0.481 e. The van der Waals surface area contributed by atoms with E-state index in [9.17, 15) is 18.4 Å². The van der Waals surface area contributed by atoms with Crippen molar-refractivity contribution in [3.8, 4) is 11.8 Å². The number of carboxylic acid groups (broad SMARTS) is 1. The Labute approximate surface area is 161 Å². The van der Waals surface area contributed by atoms with Gasteiger partial charge >= 0.3 is 11.9 Å². The predicted molar refractivity (Wildman–Crippen MR) is 101 cm³/mol. The Kier molecular flexibility index (Phi) is 10.1. The van der Waals surface area contributed by atoms with Crippen molar-refractivity contribution < 1.29 is 23.5 Å². The molecule has 0 saturated carbocycles. The molecule has 0 spiro atoms. The SMILES string of the molecule is CCC#CCC(C)C/C=C/C1CC(F)(F)C(=O)N1CCCCCCC(=O)O. The molecule has 1 aliphatic heterocycles. The first-order valence-corrected chi connectivity index (χ1v) is 9.81. The zero-order valence-electron chi connectivity index (χ0n) is 16.3. The molecule has 6 heteroatoms. The molecule has 1 aliphatic rings. The van der Waals surface area contributed by atoms with E-state index in [1.54, 1.807) is 6.08 Å². The summed E-state index contributed by atoms with van der Waals surface area (Å²) in [6.45, 7) is 4.35. The van der Waals surface area contributed by atoms with E-state index in [1.165, 1.54) is 4.90 Å². The number of carboxylic acids is 1. The van der Waals surface area contributed by atoms with Gasteiger partial charge in [0.1, 0.15) is 0 Å². The van der Waals surface area contributed by atoms with Crippen LogP contribution in [0.1, 0.15) is 71.6 Å². The lowest BCUT2D eigenvalue weighted by Gasteiger charge is -2.21. The molecule has 0 bridgehead atoms. The molecule has 27 heavy (non-hydrogen) atoms. The molecule has 1 rings (SSSR count). The van der Waals surface area contributed by atoms with Crippen LogP contribution in [0, 0.1) is 17.8 Å². The summed E-state index contributed by atoms with van der Waals surface area (Å²) in [5, 5.41) is 8.60. The molecule has 1 N–H and O–H groups in total. The summed E-state index contributed by atoms with van der Waals surface area (Å²) in [5.74, 6) is 1.24. The van der Waals surface area contributed by atoms with Gasteiger partial charge in [0.15, 0.2) is 0 Å². The second kappa shape index (κ2) is 11.7. The number of alkyl halides is 2. The number of halogens is 2. The van der Waals surface area contributed by atoms with Crippen LogP contribution in [0.3, 0.4) is 0 Å². The van der Waals surface area contributed by atoms with Gasteiger partial charge in [-0.25, -0.2) is 0 Å². The minimum absolute atomic E-state index is 0.118. The third-order valence-corrected chi connectivity index (χ3v) is 4.63. The fraction of sp³-hybridized carbons (Fsp3) is 0.714. The van der Waals surface area contributed by atoms with Crippen molar-refractivity contribution in [2.24, 2.45) is 5.92 Å². The average molecular weight is 383 g/mol. The van der Waals surface area contributed by atoms with Crippen LogP contribution in [0.5, 0.6) is 0 Å². The van der Waals surface area contributed by atoms with Gasteiger partial charge in [0, 0.05) is 32.2 Å². The monoisotopic (exact) mass is 383 g/mol. The number of amides is 1. The maximum Gasteiger partial charge on any atom is 0.327 e. The van der Waals surface area contributed by atoms with Crippen molar-refractivity contribution in [2.75, 3.05) is 6.54 Å². The van der Waals surface area contributed by atoms with Crippen LogP contribution < -0.4 is 0 Å². The highest BCUT2D eigenvalue weighted by atomic mass is 19.3. The predicted octanol–water partition coefficient (Wildman–Crippen LogP) is 4.64. The van der Waals surface area contributed by atoms with Gasteiger partial charge < -0.3 is 10.0 Å². The topological polar surface area (TPSA) is 57.6 Å². The summed E-state index contributed by atoms with van der Waals surface area (Å²) in [5.41, 5.74) is 0. The van der Waals surface area contributed by atoms with E-state index in [0.29, 0.717) is 18.8 Å². The van der Waals surface area contributed by atoms with Crippen molar-refractivity contribution in [3.05, 3.63) is 12.2 Å². The Morgan fingerprint density at radius 2 is 2.04 bits per heavy atom. The molecule has 1 fully saturated rings. The van der Waals surface area contributed by atoms with Gasteiger partial charge in [0.2, 0.25) is 0 Å². The molecule has 1 amide bonds. The van der Waals surface area contributed by atoms with E-state index in [4.69, 9.17) is 5.11 Å². The summed E-state index contributed by atoms with van der Waals surface area (Å²) < 4.78 is 27.7. The van der Waals surface area contributed by atoms with Crippen LogP contribution in [0.25, 0.3) is 0 Å². The van der Waals surface area contributed by atoms with Crippen molar-refractivity contribution in [3.63, 3.8) is 0 Å². The number of carbonyl (C=O) groups excluding carboxylic acids is 1. The maximum atomic E-state index is 13.8. The van der Waals surface area contributed by atoms with Gasteiger partial charge in [0.25, 0.3) is 5.91 Å². The second-order valence-electron chi connectivity index (χ2n) is 7.21. The smallest absolute Gasteiger partial charge is 0.327 e. The first-order valence-electron chi connectivity index (χ1n) is 9.81. The first kappa shape index (κ1) is 23.1. The number of rotatable bonds is 11. The highest BCUT2D eigenvalue weighted by Crippen LogP contribution is 2.34. The Balaban J connectivity index is 2.48. The summed E-state index contributed by atoms with van der Waals surface area (Å²) >= 11 is 0. The Morgan fingerprint density at radius 1 is 1.33 bits per heavy atom. The van der Waals surface area contributed by atoms with Gasteiger partial charge in [-0.1, -0.05) is 38.8 Å². The van der Waals surface area contributed by atoms with E-state index in [1.807, 2.05) is 13.0 Å². The van der Waals surface area contributed by atoms with Crippen molar-refractivity contribution in [1.29, 1.82) is 0 Å². The molecule has 4 nitrogen and oxygen atoms in total. The molecule has 1 heterocycles. The standard InChI is InChI=1S/C21H31F2NO3/c1-3-4-7-11-17(2)12-10-13-18-16-21(22,23)20(27)24(18)15-9-6-5-8-14-19(25)26/h10,13,17-18H,3,5-6,8-9,11-12,14-16H2,1-2H3,(H,25,26)/b13-10+. The average Bonchev–Trinajstić information content (AvgIpc) is 2.80. The number of hydrogen-bond acceptors (Lipinski definition) is 2. The van der Waals surface area contributed by atoms with E-state index < -0.39 is 30.3 Å². The number of likely N-dealkylation sites (tertiary alicyclic amines) is 1. The van der Waals surface area contributed by atoms with Gasteiger partial charge in [0.05, 0.1) is 6.04 Å². The summed E-state index contributed by atoms with van der Waals surface area (Å²) in [6.07, 6.45) is 8.25. The maximum absolute atomic E-state index is 13.8. The molecule has 2 unspecified atom stereocenters. The van der Waals surface area contributed by atoms with Crippen LogP contribution in [0.2, 0.25) is 0 Å². The van der Waals surface area contributed by atoms with Crippen LogP contribution in [0.15, 0.2) is 12.2 Å². The molecule has 0 aromatic heterocycles. The fourth-order valence-electron chi connectivity index (χ4n) is 3.09. The molecule has 0 radical (unpaired) electrons. The van der Waals surface area contributed by atoms with Crippen molar-refractivity contribution in [2.45, 2.75) is 83.6 Å². The quantitative estimate of drug-likeness (QED) is 0.321. The van der Waals surface area contributed by atoms with Crippen LogP contribution in [-0.4, -0.2) is 40.4 Å². The molecule has 0 aromatic carbocycles. The number of carbonyl (C=O) groups is 2. The number of aliphatic carboxylic acids is 1.